The first-order valence-corrected chi connectivity index (χ1v) is 8.94. The van der Waals surface area contributed by atoms with Gasteiger partial charge in [-0.25, -0.2) is 9.97 Å². The minimum Gasteiger partial charge on any atom is -0.435 e. The van der Waals surface area contributed by atoms with E-state index >= 15 is 0 Å². The van der Waals surface area contributed by atoms with Crippen LogP contribution in [0, 0.1) is 6.92 Å². The quantitative estimate of drug-likeness (QED) is 0.472. The van der Waals surface area contributed by atoms with E-state index in [-0.39, 0.29) is 5.75 Å². The maximum Gasteiger partial charge on any atom is 0.387 e. The van der Waals surface area contributed by atoms with E-state index in [0.29, 0.717) is 38.8 Å². The molecule has 0 aliphatic rings. The summed E-state index contributed by atoms with van der Waals surface area (Å²) in [6, 6.07) is 11.6. The normalized spacial score (nSPS) is 11.1. The molecule has 0 spiro atoms. The van der Waals surface area contributed by atoms with Gasteiger partial charge in [0.1, 0.15) is 11.6 Å². The predicted octanol–water partition coefficient (Wildman–Crippen LogP) is 5.39. The smallest absolute Gasteiger partial charge is 0.387 e. The number of fused-ring (bicyclic) bond motifs is 1. The molecular weight excluding hydrogens is 400 g/mol. The highest BCUT2D eigenvalue weighted by Gasteiger charge is 2.14. The monoisotopic (exact) mass is 413 g/mol. The number of benzene rings is 2. The van der Waals surface area contributed by atoms with Crippen molar-refractivity contribution in [2.45, 2.75) is 13.5 Å². The van der Waals surface area contributed by atoms with E-state index in [2.05, 4.69) is 30.2 Å². The van der Waals surface area contributed by atoms with Gasteiger partial charge < -0.3 is 10.1 Å². The molecule has 0 unspecified atom stereocenters. The first-order valence-electron chi connectivity index (χ1n) is 8.56. The van der Waals surface area contributed by atoms with Gasteiger partial charge in [0, 0.05) is 27.7 Å². The minimum absolute atomic E-state index is 0.0381. The molecule has 2 heterocycles. The zero-order valence-corrected chi connectivity index (χ0v) is 15.9. The van der Waals surface area contributed by atoms with E-state index in [1.165, 1.54) is 12.1 Å². The van der Waals surface area contributed by atoms with Crippen LogP contribution in [0.1, 0.15) is 5.56 Å². The van der Waals surface area contributed by atoms with Crippen LogP contribution in [0.5, 0.6) is 5.75 Å². The standard InChI is InChI=1S/C20H14ClF2N5O/c1-11-7-13(21)8-16-17(11)27-18(12-5-6-24-25-10-12)28-19(16)26-14-3-2-4-15(9-14)29-20(22)23/h2-10,20H,1H3,(H,26,27,28). The van der Waals surface area contributed by atoms with Crippen LogP contribution in [0.15, 0.2) is 54.9 Å². The van der Waals surface area contributed by atoms with E-state index in [9.17, 15) is 8.78 Å². The van der Waals surface area contributed by atoms with Crippen LogP contribution in [-0.2, 0) is 0 Å². The van der Waals surface area contributed by atoms with Crippen molar-refractivity contribution in [3.63, 3.8) is 0 Å². The van der Waals surface area contributed by atoms with Gasteiger partial charge in [0.05, 0.1) is 17.9 Å². The van der Waals surface area contributed by atoms with Gasteiger partial charge in [0.15, 0.2) is 5.82 Å². The Labute approximate surface area is 169 Å². The molecule has 0 bridgehead atoms. The Morgan fingerprint density at radius 1 is 1.07 bits per heavy atom. The molecule has 0 amide bonds. The molecule has 0 aliphatic heterocycles. The lowest BCUT2D eigenvalue weighted by Gasteiger charge is -2.13. The maximum absolute atomic E-state index is 12.5. The zero-order valence-electron chi connectivity index (χ0n) is 15.1. The zero-order chi connectivity index (χ0) is 20.4. The molecule has 0 fully saturated rings. The summed E-state index contributed by atoms with van der Waals surface area (Å²) in [6.45, 7) is -1.01. The van der Waals surface area contributed by atoms with E-state index in [1.54, 1.807) is 36.7 Å². The minimum atomic E-state index is -2.91. The summed E-state index contributed by atoms with van der Waals surface area (Å²) in [5.74, 6) is 0.957. The molecule has 4 aromatic rings. The number of rotatable bonds is 5. The van der Waals surface area contributed by atoms with Crippen LogP contribution in [0.25, 0.3) is 22.3 Å². The second kappa shape index (κ2) is 7.92. The molecule has 2 aromatic heterocycles. The summed E-state index contributed by atoms with van der Waals surface area (Å²) >= 11 is 6.23. The second-order valence-corrected chi connectivity index (χ2v) is 6.61. The van der Waals surface area contributed by atoms with Crippen LogP contribution < -0.4 is 10.1 Å². The number of hydrogen-bond acceptors (Lipinski definition) is 6. The van der Waals surface area contributed by atoms with E-state index in [4.69, 9.17) is 11.6 Å². The van der Waals surface area contributed by atoms with Crippen LogP contribution in [-0.4, -0.2) is 26.8 Å². The lowest BCUT2D eigenvalue weighted by molar-refractivity contribution is -0.0498. The van der Waals surface area contributed by atoms with Gasteiger partial charge in [-0.1, -0.05) is 17.7 Å². The fourth-order valence-electron chi connectivity index (χ4n) is 2.90. The van der Waals surface area contributed by atoms with E-state index in [1.807, 2.05) is 13.0 Å². The number of nitrogens with zero attached hydrogens (tertiary/aromatic N) is 4. The Kier molecular flexibility index (Phi) is 5.18. The molecule has 146 valence electrons. The summed E-state index contributed by atoms with van der Waals surface area (Å²) in [5.41, 5.74) is 2.79. The first-order chi connectivity index (χ1) is 14.0. The Balaban J connectivity index is 1.84. The predicted molar refractivity (Wildman–Crippen MR) is 107 cm³/mol. The molecule has 2 aromatic carbocycles. The average Bonchev–Trinajstić information content (AvgIpc) is 2.69. The first kappa shape index (κ1) is 18.9. The van der Waals surface area contributed by atoms with Gasteiger partial charge in [0.25, 0.3) is 0 Å². The Morgan fingerprint density at radius 3 is 2.69 bits per heavy atom. The molecule has 9 heteroatoms. The van der Waals surface area contributed by atoms with Gasteiger partial charge in [-0.2, -0.15) is 19.0 Å². The number of nitrogens with one attached hydrogen (secondary N) is 1. The van der Waals surface area contributed by atoms with Gasteiger partial charge in [-0.15, -0.1) is 0 Å². The van der Waals surface area contributed by atoms with Crippen molar-refractivity contribution in [1.82, 2.24) is 20.2 Å². The van der Waals surface area contributed by atoms with Crippen molar-refractivity contribution in [2.24, 2.45) is 0 Å². The van der Waals surface area contributed by atoms with Crippen LogP contribution >= 0.6 is 11.6 Å². The number of halogens is 3. The van der Waals surface area contributed by atoms with Gasteiger partial charge in [-0.05, 0) is 42.8 Å². The summed E-state index contributed by atoms with van der Waals surface area (Å²) in [5, 5.41) is 12.0. The lowest BCUT2D eigenvalue weighted by Crippen LogP contribution is -2.03. The van der Waals surface area contributed by atoms with Crippen molar-refractivity contribution in [3.8, 4) is 17.1 Å². The molecule has 0 saturated carbocycles. The number of ether oxygens (including phenoxy) is 1. The molecule has 0 aliphatic carbocycles. The van der Waals surface area contributed by atoms with Crippen LogP contribution in [0.4, 0.5) is 20.3 Å². The molecular formula is C20H14ClF2N5O. The van der Waals surface area contributed by atoms with Crippen molar-refractivity contribution in [3.05, 3.63) is 65.4 Å². The summed E-state index contributed by atoms with van der Waals surface area (Å²) < 4.78 is 29.5. The number of alkyl halides is 2. The highest BCUT2D eigenvalue weighted by Crippen LogP contribution is 2.32. The van der Waals surface area contributed by atoms with E-state index in [0.717, 1.165) is 5.56 Å². The number of anilines is 2. The topological polar surface area (TPSA) is 72.8 Å². The van der Waals surface area contributed by atoms with Gasteiger partial charge >= 0.3 is 6.61 Å². The molecule has 1 N–H and O–H groups in total. The molecule has 0 saturated heterocycles. The van der Waals surface area contributed by atoms with Gasteiger partial charge in [0.2, 0.25) is 0 Å². The second-order valence-electron chi connectivity index (χ2n) is 6.18. The fourth-order valence-corrected chi connectivity index (χ4v) is 3.17. The summed E-state index contributed by atoms with van der Waals surface area (Å²) in [6.07, 6.45) is 3.11. The van der Waals surface area contributed by atoms with Crippen molar-refractivity contribution < 1.29 is 13.5 Å². The maximum atomic E-state index is 12.5. The number of hydrogen-bond donors (Lipinski definition) is 1. The molecule has 6 nitrogen and oxygen atoms in total. The highest BCUT2D eigenvalue weighted by atomic mass is 35.5. The van der Waals surface area contributed by atoms with Crippen molar-refractivity contribution in [1.29, 1.82) is 0 Å². The van der Waals surface area contributed by atoms with E-state index < -0.39 is 6.61 Å². The molecule has 0 atom stereocenters. The molecule has 29 heavy (non-hydrogen) atoms. The summed E-state index contributed by atoms with van der Waals surface area (Å²) in [4.78, 5) is 9.25. The van der Waals surface area contributed by atoms with Crippen LogP contribution in [0.2, 0.25) is 5.02 Å². The third kappa shape index (κ3) is 4.22. The molecule has 4 rings (SSSR count). The lowest BCUT2D eigenvalue weighted by atomic mass is 10.1. The molecule has 0 radical (unpaired) electrons. The number of aromatic nitrogens is 4. The van der Waals surface area contributed by atoms with Gasteiger partial charge in [-0.3, -0.25) is 0 Å². The number of aryl methyl sites for hydroxylation is 1. The largest absolute Gasteiger partial charge is 0.435 e. The van der Waals surface area contributed by atoms with Crippen LogP contribution in [0.3, 0.4) is 0 Å². The third-order valence-corrected chi connectivity index (χ3v) is 4.34. The third-order valence-electron chi connectivity index (χ3n) is 4.12. The van der Waals surface area contributed by atoms with Crippen molar-refractivity contribution in [2.75, 3.05) is 5.32 Å². The Hall–Kier alpha value is -3.39. The highest BCUT2D eigenvalue weighted by molar-refractivity contribution is 6.31. The summed E-state index contributed by atoms with van der Waals surface area (Å²) in [7, 11) is 0. The Bertz CT molecular complexity index is 1170. The fraction of sp³-hybridized carbons (Fsp3) is 0.100. The van der Waals surface area contributed by atoms with Crippen molar-refractivity contribution >= 4 is 34.0 Å². The SMILES string of the molecule is Cc1cc(Cl)cc2c(Nc3cccc(OC(F)F)c3)nc(-c3ccnnc3)nc12. The Morgan fingerprint density at radius 2 is 1.93 bits per heavy atom. The average molecular weight is 414 g/mol.